The molecule has 1 aliphatic heterocycles. The van der Waals surface area contributed by atoms with Crippen LogP contribution < -0.4 is 5.32 Å². The summed E-state index contributed by atoms with van der Waals surface area (Å²) in [6.45, 7) is 59.1. The number of benzene rings is 8. The average Bonchev–Trinajstić information content (AvgIpc) is 1.46. The molecule has 1 N–H and O–H groups in total. The van der Waals surface area contributed by atoms with Crippen molar-refractivity contribution < 1.29 is 9.72 Å². The van der Waals surface area contributed by atoms with Crippen molar-refractivity contribution in [2.24, 2.45) is 5.92 Å². The highest BCUT2D eigenvalue weighted by Gasteiger charge is 2.18. The van der Waals surface area contributed by atoms with Gasteiger partial charge in [0.15, 0.2) is 0 Å². The predicted octanol–water partition coefficient (Wildman–Crippen LogP) is 28.4. The molecule has 0 saturated carbocycles. The minimum absolute atomic E-state index is 0.107. The lowest BCUT2D eigenvalue weighted by Gasteiger charge is -2.21. The molecule has 0 unspecified atom stereocenters. The molecule has 5 nitrogen and oxygen atoms in total. The summed E-state index contributed by atoms with van der Waals surface area (Å²) in [5, 5.41) is 14.9. The van der Waals surface area contributed by atoms with Crippen LogP contribution in [0.1, 0.15) is 288 Å². The van der Waals surface area contributed by atoms with Gasteiger partial charge in [0.1, 0.15) is 0 Å². The van der Waals surface area contributed by atoms with Gasteiger partial charge >= 0.3 is 0 Å². The molecule has 0 spiro atoms. The molecule has 96 heavy (non-hydrogen) atoms. The van der Waals surface area contributed by atoms with Crippen molar-refractivity contribution in [3.63, 3.8) is 0 Å². The Kier molecular flexibility index (Phi) is 40.8. The van der Waals surface area contributed by atoms with Crippen molar-refractivity contribution in [3.05, 3.63) is 279 Å². The van der Waals surface area contributed by atoms with Gasteiger partial charge in [-0.2, -0.15) is 0 Å². The third-order valence-corrected chi connectivity index (χ3v) is 16.7. The Bertz CT molecular complexity index is 3430. The number of rotatable bonds is 11. The standard InChI is InChI=1S/C12H18.C11H13NO.2C11H16.C10H14.2C9H11Cl.C9H11NO2.C7H16/c1-8(2)12-10(4)6-9(3)7-11(12)5;1-7(2)8-3-4-9-6-11(13)12-10(9)5-8;1-8(2)11-6-9(3)5-10(4)7-11;1-9-7-5-6-8-10(9)11(2,3)4;1-8(2)10-6-4-5-9(3)7-10;1-7(2)8-3-5-9(10)6-4-8;1-7(2)8-4-3-5-9(10)6-8;1-7(2)8-4-3-5-9(6-8)10(11)12;1-4-5-6-7(2)3/h6-8H,1-5H3;3-5,7H,6H2,1-2H3,(H,12,13);2*5-8H,1-4H3;4-8H,1-3H3;2*3-7H,1-2H3;3-7H,1-2H3;7H,4-6H2,1-3H3. The van der Waals surface area contributed by atoms with E-state index in [0.717, 1.165) is 32.8 Å². The number of carbonyl (C=O) groups is 1. The van der Waals surface area contributed by atoms with Crippen molar-refractivity contribution in [2.45, 2.75) is 259 Å². The van der Waals surface area contributed by atoms with E-state index in [-0.39, 0.29) is 21.9 Å². The molecule has 0 atom stereocenters. The molecule has 0 aliphatic carbocycles. The first-order valence-electron chi connectivity index (χ1n) is 35.2. The number of halogens is 2. The molecule has 0 aromatic heterocycles. The van der Waals surface area contributed by atoms with Gasteiger partial charge in [-0.15, -0.1) is 0 Å². The largest absolute Gasteiger partial charge is 0.326 e. The van der Waals surface area contributed by atoms with Crippen molar-refractivity contribution in [2.75, 3.05) is 5.32 Å². The van der Waals surface area contributed by atoms with Crippen LogP contribution in [0.3, 0.4) is 0 Å². The summed E-state index contributed by atoms with van der Waals surface area (Å²) >= 11 is 11.5. The number of nitrogens with one attached hydrogen (secondary N) is 1. The van der Waals surface area contributed by atoms with E-state index in [0.29, 0.717) is 47.8 Å². The summed E-state index contributed by atoms with van der Waals surface area (Å²) in [4.78, 5) is 21.1. The van der Waals surface area contributed by atoms with Crippen LogP contribution in [0.4, 0.5) is 11.4 Å². The maximum absolute atomic E-state index is 11.1. The van der Waals surface area contributed by atoms with E-state index >= 15 is 0 Å². The number of nitrogens with zero attached hydrogens (tertiary/aromatic N) is 1. The second-order valence-electron chi connectivity index (χ2n) is 29.4. The summed E-state index contributed by atoms with van der Waals surface area (Å²) in [7, 11) is 0. The Balaban J connectivity index is 0.000000542. The number of fused-ring (bicyclic) bond motifs is 1. The second-order valence-corrected chi connectivity index (χ2v) is 30.3. The molecule has 1 heterocycles. The SMILES string of the molecule is CC(C)c1ccc(Cl)cc1.CC(C)c1ccc2c(c1)NC(=O)C2.CC(C)c1cccc(Cl)c1.CC(C)c1cccc([N+](=O)[O-])c1.CCCCC(C)C.Cc1cc(C)c(C(C)C)c(C)c1.Cc1cc(C)cc(C(C)C)c1.Cc1cccc(C(C)C)c1.Cc1ccccc1C(C)(C)C. The van der Waals surface area contributed by atoms with E-state index in [1.54, 1.807) is 12.1 Å². The molecular formula is C89H126Cl2N2O3. The lowest BCUT2D eigenvalue weighted by atomic mass is 9.84. The number of hydrogen-bond acceptors (Lipinski definition) is 3. The van der Waals surface area contributed by atoms with Gasteiger partial charge in [0, 0.05) is 27.9 Å². The molecule has 0 fully saturated rings. The number of aryl methyl sites for hydroxylation is 7. The summed E-state index contributed by atoms with van der Waals surface area (Å²) in [5.41, 5.74) is 23.0. The van der Waals surface area contributed by atoms with E-state index in [9.17, 15) is 14.9 Å². The highest BCUT2D eigenvalue weighted by atomic mass is 35.5. The second kappa shape index (κ2) is 44.9. The van der Waals surface area contributed by atoms with Crippen molar-refractivity contribution >= 4 is 40.5 Å². The normalized spacial score (nSPS) is 11.2. The van der Waals surface area contributed by atoms with Crippen LogP contribution >= 0.6 is 23.2 Å². The van der Waals surface area contributed by atoms with Gasteiger partial charge in [-0.1, -0.05) is 331 Å². The van der Waals surface area contributed by atoms with Gasteiger partial charge in [0.2, 0.25) is 5.91 Å². The number of amides is 1. The molecule has 0 saturated heterocycles. The number of hydrogen-bond donors (Lipinski definition) is 1. The summed E-state index contributed by atoms with van der Waals surface area (Å²) in [6.07, 6.45) is 4.68. The molecule has 0 radical (unpaired) electrons. The van der Waals surface area contributed by atoms with E-state index in [2.05, 4.69) is 288 Å². The highest BCUT2D eigenvalue weighted by Crippen LogP contribution is 2.29. The summed E-state index contributed by atoms with van der Waals surface area (Å²) in [5.74, 6) is 4.97. The highest BCUT2D eigenvalue weighted by molar-refractivity contribution is 6.30. The number of nitro groups is 1. The van der Waals surface area contributed by atoms with E-state index in [1.165, 1.54) is 103 Å². The Morgan fingerprint density at radius 2 is 0.875 bits per heavy atom. The van der Waals surface area contributed by atoms with Crippen LogP contribution in [0.2, 0.25) is 10.0 Å². The Hall–Kier alpha value is -6.79. The maximum Gasteiger partial charge on any atom is 0.269 e. The van der Waals surface area contributed by atoms with Gasteiger partial charge in [-0.25, -0.2) is 0 Å². The molecule has 524 valence electrons. The zero-order chi connectivity index (χ0) is 73.2. The zero-order valence-electron chi connectivity index (χ0n) is 64.5. The lowest BCUT2D eigenvalue weighted by Crippen LogP contribution is -2.12. The molecule has 0 bridgehead atoms. The van der Waals surface area contributed by atoms with Crippen LogP contribution in [0.5, 0.6) is 0 Å². The smallest absolute Gasteiger partial charge is 0.269 e. The number of non-ortho nitro benzene ring substituents is 1. The topological polar surface area (TPSA) is 72.2 Å². The van der Waals surface area contributed by atoms with Crippen LogP contribution in [0, 0.1) is 64.5 Å². The van der Waals surface area contributed by atoms with Crippen LogP contribution in [0.15, 0.2) is 170 Å². The fraction of sp³-hybridized carbons (Fsp3) is 0.449. The zero-order valence-corrected chi connectivity index (χ0v) is 66.1. The Morgan fingerprint density at radius 1 is 0.438 bits per heavy atom. The molecule has 8 aromatic rings. The Labute approximate surface area is 596 Å². The minimum Gasteiger partial charge on any atom is -0.326 e. The first-order valence-corrected chi connectivity index (χ1v) is 36.0. The number of unbranched alkanes of at least 4 members (excludes halogenated alkanes) is 1. The quantitative estimate of drug-likeness (QED) is 0.104. The molecule has 1 aliphatic rings. The van der Waals surface area contributed by atoms with Crippen molar-refractivity contribution in [1.82, 2.24) is 0 Å². The van der Waals surface area contributed by atoms with E-state index in [1.807, 2.05) is 56.3 Å². The van der Waals surface area contributed by atoms with Gasteiger partial charge in [0.25, 0.3) is 5.69 Å². The monoisotopic (exact) mass is 1340 g/mol. The third kappa shape index (κ3) is 35.5. The lowest BCUT2D eigenvalue weighted by molar-refractivity contribution is -0.384. The first kappa shape index (κ1) is 87.2. The number of nitro benzene ring substituents is 1. The fourth-order valence-corrected chi connectivity index (χ4v) is 11.1. The van der Waals surface area contributed by atoms with Crippen LogP contribution in [-0.2, 0) is 16.6 Å². The maximum atomic E-state index is 11.1. The number of carbonyl (C=O) groups excluding carboxylic acids is 1. The van der Waals surface area contributed by atoms with Gasteiger partial charge in [-0.05, 0) is 198 Å². The average molecular weight is 1340 g/mol. The molecule has 1 amide bonds. The molecule has 7 heteroatoms. The minimum atomic E-state index is -0.369. The van der Waals surface area contributed by atoms with Gasteiger partial charge in [-0.3, -0.25) is 14.9 Å². The molecule has 8 aromatic carbocycles. The summed E-state index contributed by atoms with van der Waals surface area (Å²) < 4.78 is 0. The predicted molar refractivity (Wildman–Crippen MR) is 425 cm³/mol. The van der Waals surface area contributed by atoms with E-state index in [4.69, 9.17) is 23.2 Å². The van der Waals surface area contributed by atoms with Gasteiger partial charge in [0.05, 0.1) is 11.3 Å². The summed E-state index contributed by atoms with van der Waals surface area (Å²) in [6, 6.07) is 57.4. The van der Waals surface area contributed by atoms with Gasteiger partial charge < -0.3 is 5.32 Å². The molecule has 9 rings (SSSR count). The van der Waals surface area contributed by atoms with Crippen LogP contribution in [0.25, 0.3) is 0 Å². The van der Waals surface area contributed by atoms with E-state index < -0.39 is 0 Å². The first-order chi connectivity index (χ1) is 44.8. The Morgan fingerprint density at radius 3 is 1.27 bits per heavy atom. The van der Waals surface area contributed by atoms with Crippen molar-refractivity contribution in [1.29, 1.82) is 0 Å². The third-order valence-electron chi connectivity index (χ3n) is 16.2. The van der Waals surface area contributed by atoms with Crippen molar-refractivity contribution in [3.8, 4) is 0 Å². The number of anilines is 1. The fourth-order valence-electron chi connectivity index (χ4n) is 10.8. The molecular weight excluding hydrogens is 1220 g/mol. The van der Waals surface area contributed by atoms with Crippen LogP contribution in [-0.4, -0.2) is 10.8 Å².